The van der Waals surface area contributed by atoms with Gasteiger partial charge in [-0.05, 0) is 43.5 Å². The first-order valence-corrected chi connectivity index (χ1v) is 8.22. The number of fused-ring (bicyclic) bond motifs is 1. The van der Waals surface area contributed by atoms with Gasteiger partial charge < -0.3 is 19.1 Å². The van der Waals surface area contributed by atoms with Gasteiger partial charge in [0.1, 0.15) is 0 Å². The van der Waals surface area contributed by atoms with Crippen LogP contribution in [0.3, 0.4) is 0 Å². The number of methoxy groups -OCH3 is 1. The van der Waals surface area contributed by atoms with Gasteiger partial charge in [0.05, 0.1) is 25.9 Å². The first-order valence-electron chi connectivity index (χ1n) is 8.22. The van der Waals surface area contributed by atoms with E-state index >= 15 is 0 Å². The molecular formula is C19H25NO4. The second-order valence-electron chi connectivity index (χ2n) is 5.39. The van der Waals surface area contributed by atoms with Gasteiger partial charge in [-0.15, -0.1) is 6.58 Å². The normalized spacial score (nSPS) is 13.5. The summed E-state index contributed by atoms with van der Waals surface area (Å²) in [5.74, 6) is 0.989. The summed E-state index contributed by atoms with van der Waals surface area (Å²) in [4.78, 5) is 14.4. The zero-order valence-corrected chi connectivity index (χ0v) is 14.6. The Morgan fingerprint density at radius 1 is 1.25 bits per heavy atom. The molecule has 0 fully saturated rings. The van der Waals surface area contributed by atoms with Gasteiger partial charge in [-0.25, -0.2) is 4.79 Å². The number of carbonyl (C=O) groups is 1. The molecule has 0 unspecified atom stereocenters. The molecule has 0 N–H and O–H groups in total. The van der Waals surface area contributed by atoms with Gasteiger partial charge in [-0.2, -0.15) is 0 Å². The Morgan fingerprint density at radius 3 is 2.50 bits per heavy atom. The number of esters is 1. The fourth-order valence-electron chi connectivity index (χ4n) is 2.76. The maximum atomic E-state index is 12.3. The fourth-order valence-corrected chi connectivity index (χ4v) is 2.76. The second kappa shape index (κ2) is 8.43. The first-order chi connectivity index (χ1) is 11.6. The number of benzene rings is 1. The van der Waals surface area contributed by atoms with E-state index < -0.39 is 0 Å². The summed E-state index contributed by atoms with van der Waals surface area (Å²) in [6, 6.07) is 3.85. The van der Waals surface area contributed by atoms with E-state index in [2.05, 4.69) is 11.5 Å². The molecule has 0 atom stereocenters. The molecule has 0 amide bonds. The van der Waals surface area contributed by atoms with E-state index in [4.69, 9.17) is 14.2 Å². The van der Waals surface area contributed by atoms with Crippen molar-refractivity contribution in [2.45, 2.75) is 20.3 Å². The van der Waals surface area contributed by atoms with Crippen LogP contribution >= 0.6 is 0 Å². The van der Waals surface area contributed by atoms with Gasteiger partial charge in [-0.3, -0.25) is 0 Å². The highest BCUT2D eigenvalue weighted by atomic mass is 16.5. The molecule has 1 aromatic rings. The quantitative estimate of drug-likeness (QED) is 0.568. The molecule has 0 radical (unpaired) electrons. The zero-order chi connectivity index (χ0) is 17.5. The molecule has 0 saturated heterocycles. The van der Waals surface area contributed by atoms with E-state index in [0.717, 1.165) is 24.1 Å². The SMILES string of the molecule is C=CCN1C=C(C(=O)OC)c2cc(OCC)c(OCC)cc2CC1. The van der Waals surface area contributed by atoms with Crippen molar-refractivity contribution in [3.63, 3.8) is 0 Å². The molecule has 0 bridgehead atoms. The van der Waals surface area contributed by atoms with Crippen molar-refractivity contribution in [2.24, 2.45) is 0 Å². The zero-order valence-electron chi connectivity index (χ0n) is 14.6. The summed E-state index contributed by atoms with van der Waals surface area (Å²) in [5, 5.41) is 0. The lowest BCUT2D eigenvalue weighted by molar-refractivity contribution is -0.133. The monoisotopic (exact) mass is 331 g/mol. The summed E-state index contributed by atoms with van der Waals surface area (Å²) in [6.45, 7) is 10.2. The summed E-state index contributed by atoms with van der Waals surface area (Å²) in [7, 11) is 1.39. The van der Waals surface area contributed by atoms with Gasteiger partial charge in [0.25, 0.3) is 0 Å². The van der Waals surface area contributed by atoms with Crippen LogP contribution in [0, 0.1) is 0 Å². The molecule has 5 heteroatoms. The molecule has 0 saturated carbocycles. The van der Waals surface area contributed by atoms with Crippen LogP contribution in [-0.2, 0) is 16.0 Å². The van der Waals surface area contributed by atoms with Crippen LogP contribution in [0.25, 0.3) is 5.57 Å². The average molecular weight is 331 g/mol. The molecule has 130 valence electrons. The van der Waals surface area contributed by atoms with Crippen molar-refractivity contribution in [2.75, 3.05) is 33.4 Å². The van der Waals surface area contributed by atoms with Gasteiger partial charge in [0.2, 0.25) is 0 Å². The van der Waals surface area contributed by atoms with Crippen LogP contribution in [0.5, 0.6) is 11.5 Å². The Bertz CT molecular complexity index is 636. The number of hydrogen-bond acceptors (Lipinski definition) is 5. The molecule has 1 heterocycles. The van der Waals surface area contributed by atoms with E-state index in [1.54, 1.807) is 0 Å². The van der Waals surface area contributed by atoms with Gasteiger partial charge in [0, 0.05) is 19.3 Å². The number of ether oxygens (including phenoxy) is 3. The molecular weight excluding hydrogens is 306 g/mol. The minimum absolute atomic E-state index is 0.362. The highest BCUT2D eigenvalue weighted by Gasteiger charge is 2.23. The Labute approximate surface area is 143 Å². The summed E-state index contributed by atoms with van der Waals surface area (Å²) < 4.78 is 16.4. The highest BCUT2D eigenvalue weighted by molar-refractivity contribution is 6.17. The maximum Gasteiger partial charge on any atom is 0.339 e. The molecule has 5 nitrogen and oxygen atoms in total. The lowest BCUT2D eigenvalue weighted by atomic mass is 9.98. The Kier molecular flexibility index (Phi) is 6.29. The molecule has 0 spiro atoms. The van der Waals surface area contributed by atoms with E-state index in [-0.39, 0.29) is 5.97 Å². The third-order valence-electron chi connectivity index (χ3n) is 3.81. The van der Waals surface area contributed by atoms with Crippen LogP contribution in [-0.4, -0.2) is 44.3 Å². The van der Waals surface area contributed by atoms with Crippen molar-refractivity contribution in [3.05, 3.63) is 42.1 Å². The van der Waals surface area contributed by atoms with E-state index in [0.29, 0.717) is 36.8 Å². The summed E-state index contributed by atoms with van der Waals surface area (Å²) in [6.07, 6.45) is 4.46. The van der Waals surface area contributed by atoms with Gasteiger partial charge in [-0.1, -0.05) is 6.08 Å². The molecule has 1 aliphatic rings. The summed E-state index contributed by atoms with van der Waals surface area (Å²) in [5.41, 5.74) is 2.40. The number of rotatable bonds is 7. The van der Waals surface area contributed by atoms with Crippen LogP contribution < -0.4 is 9.47 Å². The largest absolute Gasteiger partial charge is 0.490 e. The lowest BCUT2D eigenvalue weighted by Gasteiger charge is -2.16. The summed E-state index contributed by atoms with van der Waals surface area (Å²) >= 11 is 0. The average Bonchev–Trinajstić information content (AvgIpc) is 2.75. The number of carbonyl (C=O) groups excluding carboxylic acids is 1. The van der Waals surface area contributed by atoms with Crippen molar-refractivity contribution in [1.82, 2.24) is 4.90 Å². The molecule has 0 aliphatic carbocycles. The van der Waals surface area contributed by atoms with Crippen molar-refractivity contribution in [1.29, 1.82) is 0 Å². The van der Waals surface area contributed by atoms with E-state index in [1.807, 2.05) is 38.3 Å². The predicted octanol–water partition coefficient (Wildman–Crippen LogP) is 3.04. The first kappa shape index (κ1) is 17.9. The Hall–Kier alpha value is -2.43. The second-order valence-corrected chi connectivity index (χ2v) is 5.39. The minimum atomic E-state index is -0.362. The molecule has 1 aromatic carbocycles. The standard InChI is InChI=1S/C19H25NO4/c1-5-9-20-10-8-14-11-17(23-6-2)18(24-7-3)12-15(14)16(13-20)19(21)22-4/h5,11-13H,1,6-10H2,2-4H3. The molecule has 0 aromatic heterocycles. The van der Waals surface area contributed by atoms with Gasteiger partial charge >= 0.3 is 5.97 Å². The van der Waals surface area contributed by atoms with Crippen LogP contribution in [0.15, 0.2) is 31.0 Å². The number of hydrogen-bond donors (Lipinski definition) is 0. The minimum Gasteiger partial charge on any atom is -0.490 e. The maximum absolute atomic E-state index is 12.3. The van der Waals surface area contributed by atoms with Crippen LogP contribution in [0.4, 0.5) is 0 Å². The van der Waals surface area contributed by atoms with Crippen molar-refractivity contribution in [3.8, 4) is 11.5 Å². The Balaban J connectivity index is 2.55. The fraction of sp³-hybridized carbons (Fsp3) is 0.421. The topological polar surface area (TPSA) is 48.0 Å². The van der Waals surface area contributed by atoms with Crippen molar-refractivity contribution < 1.29 is 19.0 Å². The van der Waals surface area contributed by atoms with Crippen molar-refractivity contribution >= 4 is 11.5 Å². The Morgan fingerprint density at radius 2 is 1.92 bits per heavy atom. The van der Waals surface area contributed by atoms with E-state index in [9.17, 15) is 4.79 Å². The van der Waals surface area contributed by atoms with Gasteiger partial charge in [0.15, 0.2) is 11.5 Å². The molecule has 2 rings (SSSR count). The van der Waals surface area contributed by atoms with E-state index in [1.165, 1.54) is 7.11 Å². The van der Waals surface area contributed by atoms with Crippen LogP contribution in [0.2, 0.25) is 0 Å². The lowest BCUT2D eigenvalue weighted by Crippen LogP contribution is -2.19. The molecule has 1 aliphatic heterocycles. The third-order valence-corrected chi connectivity index (χ3v) is 3.81. The third kappa shape index (κ3) is 3.91. The predicted molar refractivity (Wildman–Crippen MR) is 94.2 cm³/mol. The van der Waals surface area contributed by atoms with Crippen LogP contribution in [0.1, 0.15) is 25.0 Å². The highest BCUT2D eigenvalue weighted by Crippen LogP contribution is 2.36. The smallest absolute Gasteiger partial charge is 0.339 e. The number of nitrogens with zero attached hydrogens (tertiary/aromatic N) is 1. The molecule has 24 heavy (non-hydrogen) atoms.